The van der Waals surface area contributed by atoms with Gasteiger partial charge in [0.15, 0.2) is 60.9 Å². The van der Waals surface area contributed by atoms with Crippen LogP contribution < -0.4 is 0 Å². The average molecular weight is 1620 g/mol. The number of Topliss-reactive ketones (excluding diaryl/α,β-unsaturated/α-hetero) is 2. The van der Waals surface area contributed by atoms with Crippen LogP contribution in [-0.4, -0.2) is 274 Å². The molecular formula is C84H106N2O30. The fourth-order valence-corrected chi connectivity index (χ4v) is 18.5. The molecule has 0 spiro atoms. The second kappa shape index (κ2) is 34.2. The summed E-state index contributed by atoms with van der Waals surface area (Å²) in [6.45, 7) is 13.9. The Balaban J connectivity index is 0.000000202. The van der Waals surface area contributed by atoms with Crippen LogP contribution in [0.1, 0.15) is 242 Å². The molecule has 0 radical (unpaired) electrons. The van der Waals surface area contributed by atoms with E-state index < -0.39 is 204 Å². The highest BCUT2D eigenvalue weighted by Crippen LogP contribution is 2.57. The molecule has 26 atom stereocenters. The number of hydrogen-bond acceptors (Lipinski definition) is 32. The first kappa shape index (κ1) is 86.2. The Morgan fingerprint density at radius 3 is 1.10 bits per heavy atom. The fourth-order valence-electron chi connectivity index (χ4n) is 18.5. The van der Waals surface area contributed by atoms with E-state index in [4.69, 9.17) is 66.3 Å². The second-order valence-electron chi connectivity index (χ2n) is 32.6. The van der Waals surface area contributed by atoms with E-state index in [1.165, 1.54) is 62.8 Å². The Kier molecular flexibility index (Phi) is 25.4. The van der Waals surface area contributed by atoms with Crippen molar-refractivity contribution in [2.45, 2.75) is 291 Å². The van der Waals surface area contributed by atoms with E-state index in [-0.39, 0.29) is 142 Å². The number of fused-ring (bicyclic) bond motifs is 6. The number of rotatable bonds is 18. The molecule has 6 aliphatic heterocycles. The number of carbonyl (C=O) groups excluding carboxylic acids is 8. The number of phenolic OH excluding ortho intramolecular Hbond substituents is 4. The van der Waals surface area contributed by atoms with Gasteiger partial charge in [-0.05, 0) is 118 Å². The quantitative estimate of drug-likeness (QED) is 0.0437. The number of aliphatic hydroxyl groups excluding tert-OH is 2. The van der Waals surface area contributed by atoms with Crippen LogP contribution in [0.5, 0.6) is 23.0 Å². The normalized spacial score (nSPS) is 36.3. The van der Waals surface area contributed by atoms with Gasteiger partial charge in [-0.15, -0.1) is 0 Å². The fraction of sp³-hybridized carbons (Fsp3) is 0.619. The summed E-state index contributed by atoms with van der Waals surface area (Å²) in [4.78, 5) is 110. The van der Waals surface area contributed by atoms with Crippen LogP contribution in [0, 0.1) is 0 Å². The van der Waals surface area contributed by atoms with Gasteiger partial charge in [-0.2, -0.15) is 0 Å². The summed E-state index contributed by atoms with van der Waals surface area (Å²) in [6, 6.07) is 10.2. The van der Waals surface area contributed by atoms with Gasteiger partial charge in [0.1, 0.15) is 71.5 Å². The van der Waals surface area contributed by atoms with Crippen molar-refractivity contribution in [2.24, 2.45) is 0 Å². The molecular weight excluding hydrogens is 1520 g/mol. The molecule has 6 fully saturated rings. The standard InChI is InChI=1S/2C42H53NO15/c2*1-8-42(51)17-28(33-22(35(42)41(50)52-7)14-23-34(38(33)49)37(48)32-21(36(23)47)10-9-11-26(32)45)56-30-15-24(43(5)6)39(19(3)54-30)58-31-16-27(46)40(20(4)55-31)57-29-13-12-25(44)18(2)53-29/h2*9-11,14,18-20,24,27-31,35,39-40,45-46,49,51H,8,12-13,15-17H2,1-7H3/t2*18-,19-,20-,24-,27-,28-,29-,30-,31-,35-,39+,40+,42+/m00/s1. The SMILES string of the molecule is CC[C@@]1(O)C[C@H](O[C@H]2C[C@H](N(C)C)[C@H](O[C@H]3C[C@H](O)[C@H](O[C@H]4CCC(=O)[C@H](C)O4)[C@H](C)O3)[C@H](C)O2)c2c(cc3c(c2O)C(=O)c2c(O)cccc2C3=O)[C@H]1C(=O)OC.CC[C@@]1(O)C[C@H](O[C@H]2C[C@H](N(C)C)[C@H](O[C@H]3C[C@H](O)[C@H](O[C@H]4CCC(=O)[C@H](C)O4)[C@H](C)O3)[C@H](C)O2)c2c(cc3c(c2O)C(=O)c2c(O)cccc2C3=O)[C@H]1C(=O)OC. The molecule has 116 heavy (non-hydrogen) atoms. The highest BCUT2D eigenvalue weighted by molar-refractivity contribution is 6.31. The Morgan fingerprint density at radius 2 is 0.784 bits per heavy atom. The van der Waals surface area contributed by atoms with Crippen molar-refractivity contribution in [3.63, 3.8) is 0 Å². The Labute approximate surface area is 670 Å². The number of esters is 2. The molecule has 0 aromatic heterocycles. The lowest BCUT2D eigenvalue weighted by Crippen LogP contribution is -2.58. The maximum absolute atomic E-state index is 13.9. The lowest BCUT2D eigenvalue weighted by Gasteiger charge is -2.48. The molecule has 6 saturated heterocycles. The lowest BCUT2D eigenvalue weighted by atomic mass is 9.67. The topological polar surface area (TPSA) is 434 Å². The maximum Gasteiger partial charge on any atom is 0.316 e. The Hall–Kier alpha value is -7.68. The molecule has 4 aliphatic carbocycles. The molecule has 0 saturated carbocycles. The van der Waals surface area contributed by atoms with Crippen molar-refractivity contribution < 1.29 is 146 Å². The first-order valence-corrected chi connectivity index (χ1v) is 39.8. The van der Waals surface area contributed by atoms with Gasteiger partial charge in [0.2, 0.25) is 11.6 Å². The summed E-state index contributed by atoms with van der Waals surface area (Å²) in [5, 5.41) is 91.7. The lowest BCUT2D eigenvalue weighted by molar-refractivity contribution is -0.324. The number of ketones is 6. The van der Waals surface area contributed by atoms with E-state index in [1.807, 2.05) is 38.0 Å². The van der Waals surface area contributed by atoms with Crippen molar-refractivity contribution in [1.29, 1.82) is 0 Å². The van der Waals surface area contributed by atoms with Crippen molar-refractivity contribution in [1.82, 2.24) is 9.80 Å². The van der Waals surface area contributed by atoms with Crippen molar-refractivity contribution >= 4 is 46.6 Å². The minimum atomic E-state index is -1.76. The zero-order chi connectivity index (χ0) is 83.9. The summed E-state index contributed by atoms with van der Waals surface area (Å²) < 4.78 is 85.3. The molecule has 6 heterocycles. The summed E-state index contributed by atoms with van der Waals surface area (Å²) in [6.07, 6.45) is -13.3. The number of benzene rings is 4. The summed E-state index contributed by atoms with van der Waals surface area (Å²) in [5.41, 5.74) is -4.99. The first-order valence-electron chi connectivity index (χ1n) is 39.8. The zero-order valence-corrected chi connectivity index (χ0v) is 67.4. The maximum atomic E-state index is 13.9. The number of ether oxygens (including phenoxy) is 14. The predicted molar refractivity (Wildman–Crippen MR) is 402 cm³/mol. The zero-order valence-electron chi connectivity index (χ0n) is 67.4. The third-order valence-electron chi connectivity index (χ3n) is 24.9. The second-order valence-corrected chi connectivity index (χ2v) is 32.6. The summed E-state index contributed by atoms with van der Waals surface area (Å²) in [7, 11) is 9.83. The molecule has 4 aromatic carbocycles. The molecule has 10 aliphatic rings. The largest absolute Gasteiger partial charge is 0.507 e. The third-order valence-corrected chi connectivity index (χ3v) is 24.9. The van der Waals surface area contributed by atoms with Gasteiger partial charge >= 0.3 is 11.9 Å². The molecule has 4 aromatic rings. The smallest absolute Gasteiger partial charge is 0.316 e. The van der Waals surface area contributed by atoms with Gasteiger partial charge in [-0.1, -0.05) is 38.1 Å². The van der Waals surface area contributed by atoms with Gasteiger partial charge < -0.3 is 117 Å². The predicted octanol–water partition coefficient (Wildman–Crippen LogP) is 6.32. The van der Waals surface area contributed by atoms with E-state index in [0.717, 1.165) is 0 Å². The molecule has 0 amide bonds. The number of aromatic hydroxyl groups is 4. The summed E-state index contributed by atoms with van der Waals surface area (Å²) in [5.74, 6) is -9.19. The average Bonchev–Trinajstić information content (AvgIpc) is 0.714. The van der Waals surface area contributed by atoms with E-state index >= 15 is 0 Å². The van der Waals surface area contributed by atoms with Crippen LogP contribution in [-0.2, 0) is 85.5 Å². The highest BCUT2D eigenvalue weighted by Gasteiger charge is 2.57. The van der Waals surface area contributed by atoms with E-state index in [1.54, 1.807) is 55.4 Å². The Bertz CT molecular complexity index is 4150. The minimum absolute atomic E-state index is 0.00573. The van der Waals surface area contributed by atoms with Gasteiger partial charge in [0.05, 0.1) is 96.5 Å². The van der Waals surface area contributed by atoms with Crippen LogP contribution in [0.4, 0.5) is 0 Å². The number of phenols is 4. The molecule has 14 rings (SSSR count). The van der Waals surface area contributed by atoms with Gasteiger partial charge in [-0.25, -0.2) is 0 Å². The Morgan fingerprint density at radius 1 is 0.448 bits per heavy atom. The van der Waals surface area contributed by atoms with Crippen LogP contribution in [0.3, 0.4) is 0 Å². The number of hydrogen-bond donors (Lipinski definition) is 8. The number of aliphatic hydroxyl groups is 4. The molecule has 32 heteroatoms. The molecule has 632 valence electrons. The molecule has 0 bridgehead atoms. The number of methoxy groups -OCH3 is 2. The molecule has 32 nitrogen and oxygen atoms in total. The monoisotopic (exact) mass is 1620 g/mol. The van der Waals surface area contributed by atoms with Gasteiger partial charge in [0, 0.05) is 110 Å². The van der Waals surface area contributed by atoms with E-state index in [2.05, 4.69) is 0 Å². The van der Waals surface area contributed by atoms with Crippen molar-refractivity contribution in [2.75, 3.05) is 42.4 Å². The number of carbonyl (C=O) groups is 8. The van der Waals surface area contributed by atoms with Crippen LogP contribution >= 0.6 is 0 Å². The minimum Gasteiger partial charge on any atom is -0.507 e. The van der Waals surface area contributed by atoms with E-state index in [9.17, 15) is 79.2 Å². The van der Waals surface area contributed by atoms with Crippen LogP contribution in [0.25, 0.3) is 0 Å². The van der Waals surface area contributed by atoms with Crippen LogP contribution in [0.15, 0.2) is 48.5 Å². The van der Waals surface area contributed by atoms with Crippen molar-refractivity contribution in [3.05, 3.63) is 115 Å². The summed E-state index contributed by atoms with van der Waals surface area (Å²) >= 11 is 0. The van der Waals surface area contributed by atoms with Gasteiger partial charge in [0.25, 0.3) is 0 Å². The van der Waals surface area contributed by atoms with E-state index in [0.29, 0.717) is 25.7 Å². The highest BCUT2D eigenvalue weighted by atomic mass is 16.8. The molecule has 8 N–H and O–H groups in total. The van der Waals surface area contributed by atoms with Crippen LogP contribution in [0.2, 0.25) is 0 Å². The third kappa shape index (κ3) is 16.1. The number of likely N-dealkylation sites (N-methyl/N-ethyl adjacent to an activating group) is 2. The van der Waals surface area contributed by atoms with Crippen molar-refractivity contribution in [3.8, 4) is 23.0 Å². The first-order chi connectivity index (χ1) is 54.9. The molecule has 0 unspecified atom stereocenters. The van der Waals surface area contributed by atoms with Gasteiger partial charge in [-0.3, -0.25) is 38.4 Å². The number of nitrogens with zero attached hydrogens (tertiary/aromatic N) is 2.